The highest BCUT2D eigenvalue weighted by atomic mass is 79.9. The predicted molar refractivity (Wildman–Crippen MR) is 79.2 cm³/mol. The number of halogens is 2. The number of carbonyl (C=O) groups is 1. The van der Waals surface area contributed by atoms with E-state index >= 15 is 0 Å². The smallest absolute Gasteiger partial charge is 0.254 e. The Bertz CT molecular complexity index is 439. The van der Waals surface area contributed by atoms with Crippen LogP contribution in [-0.2, 0) is 0 Å². The van der Waals surface area contributed by atoms with Gasteiger partial charge in [0, 0.05) is 29.2 Å². The number of rotatable bonds is 2. The van der Waals surface area contributed by atoms with E-state index in [2.05, 4.69) is 15.9 Å². The average molecular weight is 334 g/mol. The van der Waals surface area contributed by atoms with Crippen LogP contribution >= 0.6 is 28.3 Å². The lowest BCUT2D eigenvalue weighted by Gasteiger charge is -2.24. The minimum atomic E-state index is 0. The van der Waals surface area contributed by atoms with E-state index in [1.54, 1.807) is 0 Å². The van der Waals surface area contributed by atoms with E-state index in [1.165, 1.54) is 0 Å². The van der Waals surface area contributed by atoms with Crippen LogP contribution in [0.3, 0.4) is 0 Å². The summed E-state index contributed by atoms with van der Waals surface area (Å²) in [6.07, 6.45) is 2.08. The Kier molecular flexibility index (Phi) is 5.63. The number of hydrogen-bond donors (Lipinski definition) is 1. The molecule has 1 amide bonds. The summed E-state index contributed by atoms with van der Waals surface area (Å²) >= 11 is 3.46. The largest absolute Gasteiger partial charge is 0.334 e. The molecule has 1 aliphatic heterocycles. The lowest BCUT2D eigenvalue weighted by molar-refractivity contribution is 0.0740. The van der Waals surface area contributed by atoms with Crippen molar-refractivity contribution < 1.29 is 4.79 Å². The van der Waals surface area contributed by atoms with Crippen LogP contribution in [0.25, 0.3) is 0 Å². The van der Waals surface area contributed by atoms with E-state index < -0.39 is 0 Å². The van der Waals surface area contributed by atoms with E-state index in [0.717, 1.165) is 35.0 Å². The molecule has 3 nitrogen and oxygen atoms in total. The highest BCUT2D eigenvalue weighted by Crippen LogP contribution is 2.24. The third-order valence-corrected chi connectivity index (χ3v) is 4.27. The Balaban J connectivity index is 0.00000162. The van der Waals surface area contributed by atoms with Crippen LogP contribution < -0.4 is 5.73 Å². The summed E-state index contributed by atoms with van der Waals surface area (Å²) in [6.45, 7) is 3.34. The molecule has 1 fully saturated rings. The molecule has 5 heteroatoms. The first-order chi connectivity index (χ1) is 8.15. The zero-order valence-electron chi connectivity index (χ0n) is 10.4. The molecule has 0 spiro atoms. The van der Waals surface area contributed by atoms with Gasteiger partial charge in [-0.15, -0.1) is 12.4 Å². The van der Waals surface area contributed by atoms with Crippen LogP contribution in [0.2, 0.25) is 0 Å². The van der Waals surface area contributed by atoms with Crippen LogP contribution in [0.4, 0.5) is 0 Å². The van der Waals surface area contributed by atoms with Crippen molar-refractivity contribution in [1.82, 2.24) is 4.90 Å². The van der Waals surface area contributed by atoms with Crippen LogP contribution in [-0.4, -0.2) is 29.9 Å². The quantitative estimate of drug-likeness (QED) is 0.904. The predicted octanol–water partition coefficient (Wildman–Crippen LogP) is 2.74. The van der Waals surface area contributed by atoms with Gasteiger partial charge in [0.1, 0.15) is 0 Å². The maximum absolute atomic E-state index is 12.4. The molecule has 1 heterocycles. The second kappa shape index (κ2) is 6.55. The number of amides is 1. The normalized spacial score (nSPS) is 18.6. The Morgan fingerprint density at radius 3 is 2.94 bits per heavy atom. The van der Waals surface area contributed by atoms with Crippen LogP contribution in [0.1, 0.15) is 28.8 Å². The summed E-state index contributed by atoms with van der Waals surface area (Å²) in [4.78, 5) is 14.4. The first-order valence-corrected chi connectivity index (χ1v) is 6.70. The van der Waals surface area contributed by atoms with Gasteiger partial charge in [-0.05, 0) is 37.5 Å². The molecule has 0 bridgehead atoms. The fourth-order valence-electron chi connectivity index (χ4n) is 2.34. The standard InChI is InChI=1S/C13H17BrN2O.ClH/c1-9-11(5-2-6-12(9)14)13(17)16-7-3-4-10(16)8-15;/h2,5-6,10H,3-4,7-8,15H2,1H3;1H. The van der Waals surface area contributed by atoms with Crippen molar-refractivity contribution in [2.45, 2.75) is 25.8 Å². The van der Waals surface area contributed by atoms with Gasteiger partial charge in [-0.25, -0.2) is 0 Å². The molecule has 1 aromatic rings. The molecular weight excluding hydrogens is 316 g/mol. The van der Waals surface area contributed by atoms with E-state index in [-0.39, 0.29) is 24.4 Å². The zero-order chi connectivity index (χ0) is 12.4. The van der Waals surface area contributed by atoms with Gasteiger partial charge in [-0.2, -0.15) is 0 Å². The number of nitrogens with two attached hydrogens (primary N) is 1. The van der Waals surface area contributed by atoms with Gasteiger partial charge in [-0.1, -0.05) is 22.0 Å². The van der Waals surface area contributed by atoms with Gasteiger partial charge in [0.15, 0.2) is 0 Å². The lowest BCUT2D eigenvalue weighted by Crippen LogP contribution is -2.40. The summed E-state index contributed by atoms with van der Waals surface area (Å²) in [5, 5.41) is 0. The SMILES string of the molecule is Cc1c(Br)cccc1C(=O)N1CCCC1CN.Cl. The number of carbonyl (C=O) groups excluding carboxylic acids is 1. The first kappa shape index (κ1) is 15.5. The molecule has 1 unspecified atom stereocenters. The Hall–Kier alpha value is -0.580. The van der Waals surface area contributed by atoms with Gasteiger partial charge in [0.05, 0.1) is 0 Å². The topological polar surface area (TPSA) is 46.3 Å². The molecule has 0 radical (unpaired) electrons. The maximum atomic E-state index is 12.4. The molecule has 100 valence electrons. The molecule has 0 aliphatic carbocycles. The second-order valence-corrected chi connectivity index (χ2v) is 5.30. The molecule has 0 aromatic heterocycles. The molecule has 1 aliphatic rings. The lowest BCUT2D eigenvalue weighted by atomic mass is 10.1. The van der Waals surface area contributed by atoms with Crippen molar-refractivity contribution in [2.24, 2.45) is 5.73 Å². The molecule has 2 rings (SSSR count). The third kappa shape index (κ3) is 2.87. The molecule has 18 heavy (non-hydrogen) atoms. The van der Waals surface area contributed by atoms with Crippen molar-refractivity contribution in [3.05, 3.63) is 33.8 Å². The Morgan fingerprint density at radius 2 is 2.28 bits per heavy atom. The Labute approximate surface area is 122 Å². The summed E-state index contributed by atoms with van der Waals surface area (Å²) in [5.41, 5.74) is 7.48. The number of nitrogens with zero attached hydrogens (tertiary/aromatic N) is 1. The van der Waals surface area contributed by atoms with E-state index in [1.807, 2.05) is 30.0 Å². The van der Waals surface area contributed by atoms with Gasteiger partial charge in [0.2, 0.25) is 0 Å². The molecule has 1 saturated heterocycles. The van der Waals surface area contributed by atoms with Crippen LogP contribution in [0, 0.1) is 6.92 Å². The summed E-state index contributed by atoms with van der Waals surface area (Å²) < 4.78 is 0.979. The molecular formula is C13H18BrClN2O. The van der Waals surface area contributed by atoms with Crippen LogP contribution in [0.15, 0.2) is 22.7 Å². The highest BCUT2D eigenvalue weighted by molar-refractivity contribution is 9.10. The van der Waals surface area contributed by atoms with E-state index in [4.69, 9.17) is 5.73 Å². The zero-order valence-corrected chi connectivity index (χ0v) is 12.8. The molecule has 1 aromatic carbocycles. The minimum Gasteiger partial charge on any atom is -0.334 e. The van der Waals surface area contributed by atoms with Crippen molar-refractivity contribution in [2.75, 3.05) is 13.1 Å². The Morgan fingerprint density at radius 1 is 1.56 bits per heavy atom. The van der Waals surface area contributed by atoms with Gasteiger partial charge < -0.3 is 10.6 Å². The fraction of sp³-hybridized carbons (Fsp3) is 0.462. The summed E-state index contributed by atoms with van der Waals surface area (Å²) in [5.74, 6) is 0.108. The first-order valence-electron chi connectivity index (χ1n) is 5.91. The number of benzene rings is 1. The summed E-state index contributed by atoms with van der Waals surface area (Å²) in [6, 6.07) is 5.95. The molecule has 1 atom stereocenters. The minimum absolute atomic E-state index is 0. The van der Waals surface area contributed by atoms with E-state index in [9.17, 15) is 4.79 Å². The number of likely N-dealkylation sites (tertiary alicyclic amines) is 1. The highest BCUT2D eigenvalue weighted by Gasteiger charge is 2.29. The van der Waals surface area contributed by atoms with Gasteiger partial charge in [-0.3, -0.25) is 4.79 Å². The van der Waals surface area contributed by atoms with E-state index in [0.29, 0.717) is 6.54 Å². The van der Waals surface area contributed by atoms with Crippen molar-refractivity contribution in [1.29, 1.82) is 0 Å². The van der Waals surface area contributed by atoms with Gasteiger partial charge in [0.25, 0.3) is 5.91 Å². The fourth-order valence-corrected chi connectivity index (χ4v) is 2.71. The van der Waals surface area contributed by atoms with Crippen molar-refractivity contribution in [3.63, 3.8) is 0 Å². The average Bonchev–Trinajstić information content (AvgIpc) is 2.80. The monoisotopic (exact) mass is 332 g/mol. The molecule has 0 saturated carbocycles. The third-order valence-electron chi connectivity index (χ3n) is 3.41. The number of hydrogen-bond acceptors (Lipinski definition) is 2. The summed E-state index contributed by atoms with van der Waals surface area (Å²) in [7, 11) is 0. The van der Waals surface area contributed by atoms with Crippen molar-refractivity contribution in [3.8, 4) is 0 Å². The molecule has 2 N–H and O–H groups in total. The van der Waals surface area contributed by atoms with Gasteiger partial charge >= 0.3 is 0 Å². The van der Waals surface area contributed by atoms with Crippen molar-refractivity contribution >= 4 is 34.2 Å². The maximum Gasteiger partial charge on any atom is 0.254 e. The van der Waals surface area contributed by atoms with Crippen LogP contribution in [0.5, 0.6) is 0 Å². The second-order valence-electron chi connectivity index (χ2n) is 4.44.